The molecule has 5 nitrogen and oxygen atoms in total. The summed E-state index contributed by atoms with van der Waals surface area (Å²) in [5.74, 6) is 0. The monoisotopic (exact) mass is 297 g/mol. The van der Waals surface area contributed by atoms with E-state index in [1.54, 1.807) is 11.3 Å². The average molecular weight is 297 g/mol. The Balaban J connectivity index is 1.60. The van der Waals surface area contributed by atoms with Crippen molar-refractivity contribution < 1.29 is 0 Å². The van der Waals surface area contributed by atoms with Crippen molar-refractivity contribution in [2.45, 2.75) is 13.0 Å². The summed E-state index contributed by atoms with van der Waals surface area (Å²) in [6.45, 7) is 1.79. The maximum Gasteiger partial charge on any atom is 0.208 e. The Morgan fingerprint density at radius 2 is 2.00 bits per heavy atom. The van der Waals surface area contributed by atoms with Crippen LogP contribution in [0.4, 0.5) is 5.13 Å². The molecule has 106 valence electrons. The Bertz CT molecular complexity index is 761. The predicted octanol–water partition coefficient (Wildman–Crippen LogP) is 2.50. The van der Waals surface area contributed by atoms with Gasteiger partial charge in [0.2, 0.25) is 5.13 Å². The van der Waals surface area contributed by atoms with Gasteiger partial charge in [0.1, 0.15) is 5.01 Å². The summed E-state index contributed by atoms with van der Waals surface area (Å²) >= 11 is 1.64. The molecule has 3 aromatic rings. The van der Waals surface area contributed by atoms with Crippen molar-refractivity contribution in [3.8, 4) is 10.6 Å². The highest BCUT2D eigenvalue weighted by Gasteiger charge is 2.22. The molecule has 0 amide bonds. The average Bonchev–Trinajstić information content (AvgIpc) is 3.15. The third kappa shape index (κ3) is 2.21. The summed E-state index contributed by atoms with van der Waals surface area (Å²) in [6, 6.07) is 10.2. The van der Waals surface area contributed by atoms with Crippen LogP contribution < -0.4 is 4.90 Å². The van der Waals surface area contributed by atoms with E-state index in [1.807, 2.05) is 24.5 Å². The lowest BCUT2D eigenvalue weighted by molar-refractivity contribution is 0.678. The van der Waals surface area contributed by atoms with Gasteiger partial charge < -0.3 is 9.47 Å². The van der Waals surface area contributed by atoms with Crippen LogP contribution in [0.1, 0.15) is 11.4 Å². The summed E-state index contributed by atoms with van der Waals surface area (Å²) in [5.41, 5.74) is 3.61. The van der Waals surface area contributed by atoms with Crippen LogP contribution >= 0.6 is 11.3 Å². The van der Waals surface area contributed by atoms with E-state index in [9.17, 15) is 0 Å². The molecule has 1 aliphatic rings. The molecule has 3 heterocycles. The van der Waals surface area contributed by atoms with Crippen molar-refractivity contribution in [1.29, 1.82) is 0 Å². The molecule has 0 bridgehead atoms. The van der Waals surface area contributed by atoms with Gasteiger partial charge in [0.05, 0.1) is 18.6 Å². The fourth-order valence-electron chi connectivity index (χ4n) is 2.66. The second-order valence-corrected chi connectivity index (χ2v) is 6.13. The van der Waals surface area contributed by atoms with Crippen LogP contribution in [0.3, 0.4) is 0 Å². The molecule has 0 saturated carbocycles. The first-order valence-corrected chi connectivity index (χ1v) is 7.76. The van der Waals surface area contributed by atoms with Gasteiger partial charge in [-0.15, -0.1) is 10.2 Å². The Morgan fingerprint density at radius 3 is 2.86 bits per heavy atom. The van der Waals surface area contributed by atoms with Crippen molar-refractivity contribution in [2.24, 2.45) is 7.05 Å². The molecule has 0 atom stereocenters. The van der Waals surface area contributed by atoms with E-state index >= 15 is 0 Å². The van der Waals surface area contributed by atoms with Crippen LogP contribution in [0.5, 0.6) is 0 Å². The summed E-state index contributed by atoms with van der Waals surface area (Å²) in [7, 11) is 2.06. The number of aryl methyl sites for hydroxylation is 1. The van der Waals surface area contributed by atoms with Gasteiger partial charge in [0.15, 0.2) is 0 Å². The molecule has 0 radical (unpaired) electrons. The molecular formula is C15H15N5S. The number of anilines is 1. The first kappa shape index (κ1) is 12.5. The Kier molecular flexibility index (Phi) is 2.96. The van der Waals surface area contributed by atoms with Crippen molar-refractivity contribution in [3.63, 3.8) is 0 Å². The Labute approximate surface area is 126 Å². The van der Waals surface area contributed by atoms with Gasteiger partial charge in [0, 0.05) is 31.3 Å². The molecule has 0 aliphatic carbocycles. The SMILES string of the molecule is Cn1cnc2c1CCN(c1nnc(-c3ccccc3)s1)C2. The standard InChI is InChI=1S/C15H15N5S/c1-19-10-16-12-9-20(8-7-13(12)19)15-18-17-14(21-15)11-5-3-2-4-6-11/h2-6,10H,7-9H2,1H3. The van der Waals surface area contributed by atoms with E-state index in [4.69, 9.17) is 0 Å². The van der Waals surface area contributed by atoms with Crippen molar-refractivity contribution >= 4 is 16.5 Å². The van der Waals surface area contributed by atoms with Gasteiger partial charge in [-0.1, -0.05) is 41.7 Å². The van der Waals surface area contributed by atoms with Crippen LogP contribution in [0.25, 0.3) is 10.6 Å². The minimum atomic E-state index is 0.819. The number of aromatic nitrogens is 4. The summed E-state index contributed by atoms with van der Waals surface area (Å²) < 4.78 is 2.11. The summed E-state index contributed by atoms with van der Waals surface area (Å²) in [6.07, 6.45) is 2.90. The topological polar surface area (TPSA) is 46.8 Å². The first-order chi connectivity index (χ1) is 10.3. The van der Waals surface area contributed by atoms with Crippen LogP contribution in [0.15, 0.2) is 36.7 Å². The lowest BCUT2D eigenvalue weighted by atomic mass is 10.1. The van der Waals surface area contributed by atoms with Crippen LogP contribution in [-0.4, -0.2) is 26.3 Å². The highest BCUT2D eigenvalue weighted by molar-refractivity contribution is 7.18. The molecule has 0 fully saturated rings. The van der Waals surface area contributed by atoms with E-state index in [0.29, 0.717) is 0 Å². The number of imidazole rings is 1. The molecule has 2 aromatic heterocycles. The van der Waals surface area contributed by atoms with Gasteiger partial charge in [0.25, 0.3) is 0 Å². The van der Waals surface area contributed by atoms with Gasteiger partial charge >= 0.3 is 0 Å². The minimum Gasteiger partial charge on any atom is -0.340 e. The van der Waals surface area contributed by atoms with Crippen molar-refractivity contribution in [3.05, 3.63) is 48.0 Å². The third-order valence-electron chi connectivity index (χ3n) is 3.81. The van der Waals surface area contributed by atoms with E-state index in [2.05, 4.69) is 43.8 Å². The number of benzene rings is 1. The quantitative estimate of drug-likeness (QED) is 0.729. The lowest BCUT2D eigenvalue weighted by Crippen LogP contribution is -2.31. The highest BCUT2D eigenvalue weighted by Crippen LogP contribution is 2.31. The number of hydrogen-bond acceptors (Lipinski definition) is 5. The van der Waals surface area contributed by atoms with Crippen molar-refractivity contribution in [1.82, 2.24) is 19.7 Å². The number of hydrogen-bond donors (Lipinski definition) is 0. The van der Waals surface area contributed by atoms with E-state index in [1.165, 1.54) is 5.69 Å². The first-order valence-electron chi connectivity index (χ1n) is 6.94. The molecule has 21 heavy (non-hydrogen) atoms. The zero-order valence-corrected chi connectivity index (χ0v) is 12.5. The highest BCUT2D eigenvalue weighted by atomic mass is 32.1. The van der Waals surface area contributed by atoms with E-state index < -0.39 is 0 Å². The maximum atomic E-state index is 4.47. The van der Waals surface area contributed by atoms with Gasteiger partial charge in [-0.05, 0) is 0 Å². The molecule has 1 aliphatic heterocycles. The van der Waals surface area contributed by atoms with Crippen LogP contribution in [0, 0.1) is 0 Å². The second-order valence-electron chi connectivity index (χ2n) is 5.18. The van der Waals surface area contributed by atoms with Crippen molar-refractivity contribution in [2.75, 3.05) is 11.4 Å². The zero-order chi connectivity index (χ0) is 14.2. The number of rotatable bonds is 2. The number of fused-ring (bicyclic) bond motifs is 1. The Hall–Kier alpha value is -2.21. The molecule has 0 saturated heterocycles. The molecule has 0 N–H and O–H groups in total. The van der Waals surface area contributed by atoms with E-state index in [0.717, 1.165) is 40.9 Å². The molecular weight excluding hydrogens is 282 g/mol. The fraction of sp³-hybridized carbons (Fsp3) is 0.267. The second kappa shape index (κ2) is 4.96. The number of nitrogens with zero attached hydrogens (tertiary/aromatic N) is 5. The minimum absolute atomic E-state index is 0.819. The van der Waals surface area contributed by atoms with E-state index in [-0.39, 0.29) is 0 Å². The largest absolute Gasteiger partial charge is 0.340 e. The zero-order valence-electron chi connectivity index (χ0n) is 11.7. The van der Waals surface area contributed by atoms with Crippen LogP contribution in [0.2, 0.25) is 0 Å². The van der Waals surface area contributed by atoms with Crippen LogP contribution in [-0.2, 0) is 20.0 Å². The molecule has 1 aromatic carbocycles. The molecule has 4 rings (SSSR count). The maximum absolute atomic E-state index is 4.47. The Morgan fingerprint density at radius 1 is 1.14 bits per heavy atom. The third-order valence-corrected chi connectivity index (χ3v) is 4.84. The molecule has 0 spiro atoms. The molecule has 0 unspecified atom stereocenters. The van der Waals surface area contributed by atoms with Gasteiger partial charge in [-0.3, -0.25) is 0 Å². The fourth-order valence-corrected chi connectivity index (χ4v) is 3.54. The molecule has 6 heteroatoms. The van der Waals surface area contributed by atoms with Gasteiger partial charge in [-0.25, -0.2) is 4.98 Å². The summed E-state index contributed by atoms with van der Waals surface area (Å²) in [5, 5.41) is 10.6. The predicted molar refractivity (Wildman–Crippen MR) is 83.3 cm³/mol. The smallest absolute Gasteiger partial charge is 0.208 e. The summed E-state index contributed by atoms with van der Waals surface area (Å²) in [4.78, 5) is 6.74. The van der Waals surface area contributed by atoms with Gasteiger partial charge in [-0.2, -0.15) is 0 Å². The lowest BCUT2D eigenvalue weighted by Gasteiger charge is -2.25. The normalized spacial score (nSPS) is 14.2.